The Kier molecular flexibility index (Phi) is 10.9. The standard InChI is InChI=1S/C18H36N4O.HI/c1-7-20-16(23)18(3,4)13-21-17(19-5)22(6)12-15-10-8-14(2)9-11-15;/h14-15H,7-13H2,1-6H3,(H,19,21)(H,20,23);1H. The van der Waals surface area contributed by atoms with Crippen molar-refractivity contribution in [2.24, 2.45) is 22.2 Å². The third-order valence-corrected chi connectivity index (χ3v) is 4.88. The number of aliphatic imine (C=N–C) groups is 1. The average molecular weight is 452 g/mol. The molecule has 0 bridgehead atoms. The molecule has 0 atom stereocenters. The molecule has 1 amide bonds. The first-order valence-electron chi connectivity index (χ1n) is 9.00. The zero-order valence-corrected chi connectivity index (χ0v) is 18.6. The highest BCUT2D eigenvalue weighted by atomic mass is 127. The summed E-state index contributed by atoms with van der Waals surface area (Å²) in [4.78, 5) is 18.7. The molecular formula is C18H37IN4O. The van der Waals surface area contributed by atoms with Crippen LogP contribution < -0.4 is 10.6 Å². The molecule has 1 aliphatic rings. The fourth-order valence-corrected chi connectivity index (χ4v) is 3.15. The van der Waals surface area contributed by atoms with E-state index in [1.165, 1.54) is 25.7 Å². The summed E-state index contributed by atoms with van der Waals surface area (Å²) in [7, 11) is 3.90. The van der Waals surface area contributed by atoms with Crippen molar-refractivity contribution < 1.29 is 4.79 Å². The van der Waals surface area contributed by atoms with Crippen LogP contribution in [0.25, 0.3) is 0 Å². The van der Waals surface area contributed by atoms with Crippen molar-refractivity contribution in [2.45, 2.75) is 53.4 Å². The molecule has 2 N–H and O–H groups in total. The van der Waals surface area contributed by atoms with Gasteiger partial charge in [-0.1, -0.05) is 19.8 Å². The van der Waals surface area contributed by atoms with E-state index in [9.17, 15) is 4.79 Å². The maximum atomic E-state index is 12.1. The Morgan fingerprint density at radius 3 is 2.29 bits per heavy atom. The SMILES string of the molecule is CCNC(=O)C(C)(C)CNC(=NC)N(C)CC1CCC(C)CC1.I. The molecule has 0 unspecified atom stereocenters. The monoisotopic (exact) mass is 452 g/mol. The molecule has 0 aromatic carbocycles. The maximum Gasteiger partial charge on any atom is 0.227 e. The Morgan fingerprint density at radius 2 is 1.79 bits per heavy atom. The Hall–Kier alpha value is -0.530. The summed E-state index contributed by atoms with van der Waals surface area (Å²) >= 11 is 0. The highest BCUT2D eigenvalue weighted by molar-refractivity contribution is 14.0. The van der Waals surface area contributed by atoms with Gasteiger partial charge in [0.05, 0.1) is 5.41 Å². The minimum absolute atomic E-state index is 0. The summed E-state index contributed by atoms with van der Waals surface area (Å²) in [5, 5.41) is 6.26. The Morgan fingerprint density at radius 1 is 1.21 bits per heavy atom. The van der Waals surface area contributed by atoms with E-state index in [0.717, 1.165) is 24.3 Å². The van der Waals surface area contributed by atoms with Gasteiger partial charge in [0.2, 0.25) is 5.91 Å². The number of carbonyl (C=O) groups is 1. The zero-order chi connectivity index (χ0) is 17.5. The lowest BCUT2D eigenvalue weighted by molar-refractivity contribution is -0.128. The molecule has 0 heterocycles. The van der Waals surface area contributed by atoms with Gasteiger partial charge >= 0.3 is 0 Å². The van der Waals surface area contributed by atoms with E-state index in [0.29, 0.717) is 13.1 Å². The fourth-order valence-electron chi connectivity index (χ4n) is 3.15. The van der Waals surface area contributed by atoms with Gasteiger partial charge in [-0.15, -0.1) is 24.0 Å². The van der Waals surface area contributed by atoms with E-state index in [2.05, 4.69) is 34.5 Å². The van der Waals surface area contributed by atoms with Gasteiger partial charge in [0.25, 0.3) is 0 Å². The van der Waals surface area contributed by atoms with Crippen molar-refractivity contribution in [1.82, 2.24) is 15.5 Å². The number of carbonyl (C=O) groups excluding carboxylic acids is 1. The molecule has 0 saturated heterocycles. The summed E-state index contributed by atoms with van der Waals surface area (Å²) in [6.45, 7) is 10.5. The van der Waals surface area contributed by atoms with Crippen molar-refractivity contribution in [3.8, 4) is 0 Å². The van der Waals surface area contributed by atoms with Gasteiger partial charge in [-0.2, -0.15) is 0 Å². The largest absolute Gasteiger partial charge is 0.356 e. The molecular weight excluding hydrogens is 415 g/mol. The molecule has 0 aromatic rings. The molecule has 0 aliphatic heterocycles. The average Bonchev–Trinajstić information content (AvgIpc) is 2.50. The van der Waals surface area contributed by atoms with Crippen LogP contribution in [-0.4, -0.2) is 50.5 Å². The van der Waals surface area contributed by atoms with E-state index in [4.69, 9.17) is 0 Å². The Labute approximate surface area is 165 Å². The molecule has 1 aliphatic carbocycles. The number of rotatable bonds is 6. The first kappa shape index (κ1) is 23.5. The minimum Gasteiger partial charge on any atom is -0.356 e. The molecule has 24 heavy (non-hydrogen) atoms. The van der Waals surface area contributed by atoms with E-state index in [1.54, 1.807) is 7.05 Å². The van der Waals surface area contributed by atoms with Crippen LogP contribution in [0.3, 0.4) is 0 Å². The minimum atomic E-state index is -0.451. The molecule has 1 fully saturated rings. The zero-order valence-electron chi connectivity index (χ0n) is 16.3. The molecule has 1 rings (SSSR count). The second-order valence-electron chi connectivity index (χ2n) is 7.65. The number of hydrogen-bond acceptors (Lipinski definition) is 2. The van der Waals surface area contributed by atoms with Crippen LogP contribution in [0.5, 0.6) is 0 Å². The van der Waals surface area contributed by atoms with Gasteiger partial charge in [-0.25, -0.2) is 0 Å². The highest BCUT2D eigenvalue weighted by Crippen LogP contribution is 2.28. The molecule has 0 aromatic heterocycles. The number of amides is 1. The van der Waals surface area contributed by atoms with Crippen LogP contribution in [0.15, 0.2) is 4.99 Å². The number of guanidine groups is 1. The predicted octanol–water partition coefficient (Wildman–Crippen LogP) is 3.10. The summed E-state index contributed by atoms with van der Waals surface area (Å²) in [6, 6.07) is 0. The first-order valence-corrected chi connectivity index (χ1v) is 9.00. The van der Waals surface area contributed by atoms with Crippen molar-refractivity contribution in [3.63, 3.8) is 0 Å². The second kappa shape index (κ2) is 11.2. The van der Waals surface area contributed by atoms with Crippen molar-refractivity contribution in [2.75, 3.05) is 33.7 Å². The van der Waals surface area contributed by atoms with E-state index >= 15 is 0 Å². The normalized spacial score (nSPS) is 21.7. The third kappa shape index (κ3) is 7.57. The topological polar surface area (TPSA) is 56.7 Å². The van der Waals surface area contributed by atoms with Gasteiger partial charge in [0, 0.05) is 33.7 Å². The van der Waals surface area contributed by atoms with Crippen LogP contribution in [0.2, 0.25) is 0 Å². The van der Waals surface area contributed by atoms with Crippen molar-refractivity contribution in [1.29, 1.82) is 0 Å². The van der Waals surface area contributed by atoms with E-state index in [1.807, 2.05) is 20.8 Å². The molecule has 0 radical (unpaired) electrons. The van der Waals surface area contributed by atoms with Crippen LogP contribution in [0, 0.1) is 17.3 Å². The molecule has 142 valence electrons. The Bertz CT molecular complexity index is 404. The van der Waals surface area contributed by atoms with Crippen molar-refractivity contribution >= 4 is 35.8 Å². The lowest BCUT2D eigenvalue weighted by atomic mass is 9.83. The van der Waals surface area contributed by atoms with Gasteiger partial charge in [-0.3, -0.25) is 9.79 Å². The smallest absolute Gasteiger partial charge is 0.227 e. The van der Waals surface area contributed by atoms with Crippen LogP contribution in [-0.2, 0) is 4.79 Å². The number of nitrogens with one attached hydrogen (secondary N) is 2. The lowest BCUT2D eigenvalue weighted by Gasteiger charge is -2.32. The maximum absolute atomic E-state index is 12.1. The van der Waals surface area contributed by atoms with Gasteiger partial charge in [-0.05, 0) is 45.4 Å². The van der Waals surface area contributed by atoms with Crippen LogP contribution in [0.1, 0.15) is 53.4 Å². The lowest BCUT2D eigenvalue weighted by Crippen LogP contribution is -2.49. The van der Waals surface area contributed by atoms with Gasteiger partial charge in [0.1, 0.15) is 0 Å². The summed E-state index contributed by atoms with van der Waals surface area (Å²) in [5.41, 5.74) is -0.451. The molecule has 5 nitrogen and oxygen atoms in total. The quantitative estimate of drug-likeness (QED) is 0.370. The first-order chi connectivity index (χ1) is 10.8. The van der Waals surface area contributed by atoms with E-state index in [-0.39, 0.29) is 29.9 Å². The van der Waals surface area contributed by atoms with Crippen molar-refractivity contribution in [3.05, 3.63) is 0 Å². The predicted molar refractivity (Wildman–Crippen MR) is 113 cm³/mol. The number of halogens is 1. The van der Waals surface area contributed by atoms with Crippen LogP contribution in [0.4, 0.5) is 0 Å². The second-order valence-corrected chi connectivity index (χ2v) is 7.65. The third-order valence-electron chi connectivity index (χ3n) is 4.88. The highest BCUT2D eigenvalue weighted by Gasteiger charge is 2.28. The van der Waals surface area contributed by atoms with Gasteiger partial charge < -0.3 is 15.5 Å². The summed E-state index contributed by atoms with van der Waals surface area (Å²) < 4.78 is 0. The fraction of sp³-hybridized carbons (Fsp3) is 0.889. The number of nitrogens with zero attached hydrogens (tertiary/aromatic N) is 2. The van der Waals surface area contributed by atoms with E-state index < -0.39 is 5.41 Å². The van der Waals surface area contributed by atoms with Gasteiger partial charge in [0.15, 0.2) is 5.96 Å². The molecule has 6 heteroatoms. The molecule has 1 saturated carbocycles. The Balaban J connectivity index is 0.00000529. The van der Waals surface area contributed by atoms with Crippen LogP contribution >= 0.6 is 24.0 Å². The molecule has 0 spiro atoms. The summed E-state index contributed by atoms with van der Waals surface area (Å²) in [6.07, 6.45) is 5.31. The summed E-state index contributed by atoms with van der Waals surface area (Å²) in [5.74, 6) is 2.59. The number of hydrogen-bond donors (Lipinski definition) is 2.